The Morgan fingerprint density at radius 3 is 2.38 bits per heavy atom. The average molecular weight is 441 g/mol. The number of carbonyl (C=O) groups is 3. The van der Waals surface area contributed by atoms with Gasteiger partial charge in [0, 0.05) is 30.9 Å². The zero-order valence-electron chi connectivity index (χ0n) is 18.1. The molecule has 1 saturated heterocycles. The van der Waals surface area contributed by atoms with E-state index in [-0.39, 0.29) is 23.8 Å². The summed E-state index contributed by atoms with van der Waals surface area (Å²) >= 11 is 0. The van der Waals surface area contributed by atoms with Crippen molar-refractivity contribution in [2.75, 3.05) is 39.2 Å². The summed E-state index contributed by atoms with van der Waals surface area (Å²) < 4.78 is 15.7. The zero-order chi connectivity index (χ0) is 22.9. The van der Waals surface area contributed by atoms with Crippen molar-refractivity contribution in [2.24, 2.45) is 0 Å². The predicted molar refractivity (Wildman–Crippen MR) is 118 cm³/mol. The first kappa shape index (κ1) is 23.1. The van der Waals surface area contributed by atoms with Crippen molar-refractivity contribution < 1.29 is 28.6 Å². The van der Waals surface area contributed by atoms with Crippen molar-refractivity contribution in [3.8, 4) is 11.5 Å². The van der Waals surface area contributed by atoms with Crippen molar-refractivity contribution in [3.63, 3.8) is 0 Å². The van der Waals surface area contributed by atoms with E-state index in [4.69, 9.17) is 14.2 Å². The number of nitrogens with one attached hydrogen (secondary N) is 3. The molecule has 0 spiro atoms. The third-order valence-electron chi connectivity index (χ3n) is 4.99. The molecule has 2 aromatic carbocycles. The molecule has 0 saturated carbocycles. The Hall–Kier alpha value is -3.59. The van der Waals surface area contributed by atoms with Crippen LogP contribution in [0, 0.1) is 0 Å². The minimum absolute atomic E-state index is 0.149. The molecular weight excluding hydrogens is 414 g/mol. The third-order valence-corrected chi connectivity index (χ3v) is 4.99. The average Bonchev–Trinajstić information content (AvgIpc) is 3.36. The van der Waals surface area contributed by atoms with Crippen LogP contribution < -0.4 is 25.4 Å². The molecule has 1 unspecified atom stereocenters. The molecule has 3 rings (SSSR count). The normalized spacial score (nSPS) is 15.0. The number of methoxy groups -OCH3 is 2. The van der Waals surface area contributed by atoms with Crippen molar-refractivity contribution in [3.05, 3.63) is 53.6 Å². The molecule has 0 bridgehead atoms. The van der Waals surface area contributed by atoms with Crippen molar-refractivity contribution in [1.29, 1.82) is 0 Å². The van der Waals surface area contributed by atoms with Crippen LogP contribution in [0.4, 0.5) is 5.69 Å². The van der Waals surface area contributed by atoms with Gasteiger partial charge < -0.3 is 30.2 Å². The van der Waals surface area contributed by atoms with Gasteiger partial charge >= 0.3 is 0 Å². The number of anilines is 1. The molecule has 1 aliphatic heterocycles. The smallest absolute Gasteiger partial charge is 0.259 e. The third kappa shape index (κ3) is 5.98. The Morgan fingerprint density at radius 2 is 1.72 bits per heavy atom. The number of hydrogen-bond acceptors (Lipinski definition) is 6. The van der Waals surface area contributed by atoms with Gasteiger partial charge in [0.05, 0.1) is 19.8 Å². The van der Waals surface area contributed by atoms with Crippen LogP contribution in [-0.2, 0) is 9.53 Å². The molecular formula is C23H27N3O6. The summed E-state index contributed by atoms with van der Waals surface area (Å²) in [4.78, 5) is 36.8. The van der Waals surface area contributed by atoms with Crippen LogP contribution in [0.1, 0.15) is 33.6 Å². The highest BCUT2D eigenvalue weighted by atomic mass is 16.5. The fourth-order valence-corrected chi connectivity index (χ4v) is 3.26. The molecule has 0 radical (unpaired) electrons. The van der Waals surface area contributed by atoms with Crippen LogP contribution in [0.15, 0.2) is 42.5 Å². The first-order valence-corrected chi connectivity index (χ1v) is 10.3. The van der Waals surface area contributed by atoms with E-state index in [2.05, 4.69) is 16.0 Å². The first-order valence-electron chi connectivity index (χ1n) is 10.3. The maximum absolute atomic E-state index is 12.6. The van der Waals surface area contributed by atoms with E-state index < -0.39 is 0 Å². The van der Waals surface area contributed by atoms with Gasteiger partial charge in [-0.1, -0.05) is 0 Å². The second-order valence-electron chi connectivity index (χ2n) is 7.15. The molecule has 0 aliphatic carbocycles. The van der Waals surface area contributed by atoms with Gasteiger partial charge in [0.25, 0.3) is 11.8 Å². The van der Waals surface area contributed by atoms with Gasteiger partial charge in [-0.2, -0.15) is 0 Å². The molecule has 0 aromatic heterocycles. The van der Waals surface area contributed by atoms with Crippen LogP contribution in [0.5, 0.6) is 11.5 Å². The summed E-state index contributed by atoms with van der Waals surface area (Å²) in [5.41, 5.74) is 1.30. The summed E-state index contributed by atoms with van der Waals surface area (Å²) in [5, 5.41) is 8.27. The minimum atomic E-state index is -0.384. The maximum Gasteiger partial charge on any atom is 0.259 e. The quantitative estimate of drug-likeness (QED) is 0.513. The van der Waals surface area contributed by atoms with Crippen LogP contribution in [0.25, 0.3) is 0 Å². The van der Waals surface area contributed by atoms with E-state index in [0.29, 0.717) is 48.0 Å². The van der Waals surface area contributed by atoms with Crippen molar-refractivity contribution in [2.45, 2.75) is 18.9 Å². The van der Waals surface area contributed by atoms with Crippen molar-refractivity contribution >= 4 is 23.4 Å². The van der Waals surface area contributed by atoms with Gasteiger partial charge in [-0.15, -0.1) is 0 Å². The van der Waals surface area contributed by atoms with Crippen LogP contribution in [0.3, 0.4) is 0 Å². The molecule has 9 nitrogen and oxygen atoms in total. The van der Waals surface area contributed by atoms with Gasteiger partial charge in [-0.25, -0.2) is 0 Å². The Balaban J connectivity index is 1.49. The van der Waals surface area contributed by atoms with E-state index in [9.17, 15) is 14.4 Å². The van der Waals surface area contributed by atoms with Gasteiger partial charge in [0.1, 0.15) is 17.6 Å². The molecule has 170 valence electrons. The van der Waals surface area contributed by atoms with Gasteiger partial charge in [0.15, 0.2) is 0 Å². The van der Waals surface area contributed by atoms with E-state index in [1.807, 2.05) is 0 Å². The summed E-state index contributed by atoms with van der Waals surface area (Å²) in [6, 6.07) is 11.4. The van der Waals surface area contributed by atoms with Gasteiger partial charge in [-0.05, 0) is 55.3 Å². The SMILES string of the molecule is COc1ccc(OC)c(C(=O)Nc2ccc(C(=O)NCCNC(=O)C3CCCO3)cc2)c1. The number of rotatable bonds is 9. The standard InChI is InChI=1S/C23H27N3O6/c1-30-17-9-10-19(31-2)18(14-17)22(28)26-16-7-5-15(6-8-16)21(27)24-11-12-25-23(29)20-4-3-13-32-20/h5-10,14,20H,3-4,11-13H2,1-2H3,(H,24,27)(H,25,29)(H,26,28). The van der Waals surface area contributed by atoms with Crippen molar-refractivity contribution in [1.82, 2.24) is 10.6 Å². The van der Waals surface area contributed by atoms with Crippen LogP contribution >= 0.6 is 0 Å². The summed E-state index contributed by atoms with van der Waals surface area (Å²) in [6.45, 7) is 1.23. The number of amides is 3. The topological polar surface area (TPSA) is 115 Å². The molecule has 3 amide bonds. The molecule has 1 aliphatic rings. The lowest BCUT2D eigenvalue weighted by Gasteiger charge is -2.12. The van der Waals surface area contributed by atoms with E-state index in [0.717, 1.165) is 12.8 Å². The molecule has 3 N–H and O–H groups in total. The Bertz CT molecular complexity index is 955. The lowest BCUT2D eigenvalue weighted by atomic mass is 10.1. The highest BCUT2D eigenvalue weighted by Crippen LogP contribution is 2.25. The summed E-state index contributed by atoms with van der Waals surface area (Å²) in [6.07, 6.45) is 1.23. The second-order valence-corrected chi connectivity index (χ2v) is 7.15. The molecule has 32 heavy (non-hydrogen) atoms. The first-order chi connectivity index (χ1) is 15.5. The highest BCUT2D eigenvalue weighted by molar-refractivity contribution is 6.06. The van der Waals surface area contributed by atoms with Gasteiger partial charge in [0.2, 0.25) is 5.91 Å². The molecule has 1 atom stereocenters. The largest absolute Gasteiger partial charge is 0.497 e. The Morgan fingerprint density at radius 1 is 0.969 bits per heavy atom. The summed E-state index contributed by atoms with van der Waals surface area (Å²) in [5.74, 6) is 0.175. The number of hydrogen-bond donors (Lipinski definition) is 3. The monoisotopic (exact) mass is 441 g/mol. The van der Waals surface area contributed by atoms with Crippen LogP contribution in [0.2, 0.25) is 0 Å². The van der Waals surface area contributed by atoms with Gasteiger partial charge in [-0.3, -0.25) is 14.4 Å². The molecule has 9 heteroatoms. The molecule has 1 heterocycles. The Kier molecular flexibility index (Phi) is 8.04. The number of benzene rings is 2. The fourth-order valence-electron chi connectivity index (χ4n) is 3.26. The maximum atomic E-state index is 12.6. The zero-order valence-corrected chi connectivity index (χ0v) is 18.1. The number of ether oxygens (including phenoxy) is 3. The minimum Gasteiger partial charge on any atom is -0.497 e. The highest BCUT2D eigenvalue weighted by Gasteiger charge is 2.22. The predicted octanol–water partition coefficient (Wildman–Crippen LogP) is 1.98. The number of carbonyl (C=O) groups excluding carboxylic acids is 3. The van der Waals surface area contributed by atoms with Crippen LogP contribution in [-0.4, -0.2) is 57.7 Å². The lowest BCUT2D eigenvalue weighted by Crippen LogP contribution is -2.39. The molecule has 2 aromatic rings. The summed E-state index contributed by atoms with van der Waals surface area (Å²) in [7, 11) is 3.01. The Labute approximate surface area is 186 Å². The fraction of sp³-hybridized carbons (Fsp3) is 0.348. The van der Waals surface area contributed by atoms with E-state index in [1.54, 1.807) is 42.5 Å². The molecule has 1 fully saturated rings. The van der Waals surface area contributed by atoms with E-state index >= 15 is 0 Å². The lowest BCUT2D eigenvalue weighted by molar-refractivity contribution is -0.129. The second kappa shape index (κ2) is 11.1. The van der Waals surface area contributed by atoms with E-state index in [1.165, 1.54) is 14.2 Å².